The molecular weight excluding hydrogens is 168 g/mol. The zero-order valence-corrected chi connectivity index (χ0v) is 7.73. The van der Waals surface area contributed by atoms with E-state index in [1.807, 2.05) is 0 Å². The number of fused-ring (bicyclic) bond motifs is 2. The lowest BCUT2D eigenvalue weighted by Crippen LogP contribution is -2.39. The van der Waals surface area contributed by atoms with Gasteiger partial charge in [-0.3, -0.25) is 0 Å². The number of hydrogen-bond acceptors (Lipinski definition) is 3. The largest absolute Gasteiger partial charge is 0.358 e. The van der Waals surface area contributed by atoms with E-state index in [1.165, 1.54) is 0 Å². The molecule has 0 aromatic heterocycles. The molecule has 0 aromatic rings. The first-order valence-corrected chi connectivity index (χ1v) is 4.91. The molecule has 0 radical (unpaired) electrons. The topological polar surface area (TPSA) is 27.7 Å². The molecule has 13 heavy (non-hydrogen) atoms. The van der Waals surface area contributed by atoms with Crippen LogP contribution in [0.2, 0.25) is 0 Å². The van der Waals surface area contributed by atoms with Crippen LogP contribution in [0.3, 0.4) is 0 Å². The van der Waals surface area contributed by atoms with Crippen LogP contribution in [0, 0.1) is 5.92 Å². The van der Waals surface area contributed by atoms with Crippen molar-refractivity contribution in [3.63, 3.8) is 0 Å². The zero-order valence-electron chi connectivity index (χ0n) is 7.73. The maximum absolute atomic E-state index is 5.89. The van der Waals surface area contributed by atoms with Crippen LogP contribution in [0.5, 0.6) is 0 Å². The highest BCUT2D eigenvalue weighted by Gasteiger charge is 2.53. The number of ether oxygens (including phenoxy) is 3. The van der Waals surface area contributed by atoms with Gasteiger partial charge in [0.25, 0.3) is 0 Å². The molecule has 3 unspecified atom stereocenters. The lowest BCUT2D eigenvalue weighted by atomic mass is 9.87. The molecule has 0 aromatic carbocycles. The minimum atomic E-state index is -0.263. The van der Waals surface area contributed by atoms with Crippen molar-refractivity contribution >= 4 is 0 Å². The molecule has 72 valence electrons. The smallest absolute Gasteiger partial charge is 0.190 e. The highest BCUT2D eigenvalue weighted by Crippen LogP contribution is 2.45. The van der Waals surface area contributed by atoms with Gasteiger partial charge in [-0.05, 0) is 18.4 Å². The Hall–Kier alpha value is -0.380. The second-order valence-corrected chi connectivity index (χ2v) is 4.15. The van der Waals surface area contributed by atoms with Crippen LogP contribution in [0.4, 0.5) is 0 Å². The summed E-state index contributed by atoms with van der Waals surface area (Å²) in [5, 5.41) is 0. The Bertz CT molecular complexity index is 245. The molecular formula is C10H14O3. The summed E-state index contributed by atoms with van der Waals surface area (Å²) in [7, 11) is 0. The van der Waals surface area contributed by atoms with Gasteiger partial charge in [0.1, 0.15) is 5.60 Å². The van der Waals surface area contributed by atoms with Gasteiger partial charge in [-0.15, -0.1) is 0 Å². The predicted octanol–water partition coefficient (Wildman–Crippen LogP) is 1.09. The summed E-state index contributed by atoms with van der Waals surface area (Å²) in [5.74, 6) is 0.595. The summed E-state index contributed by atoms with van der Waals surface area (Å²) in [6, 6.07) is 0. The second-order valence-electron chi connectivity index (χ2n) is 4.15. The van der Waals surface area contributed by atoms with Crippen molar-refractivity contribution in [1.29, 1.82) is 0 Å². The Kier molecular flexibility index (Phi) is 1.57. The lowest BCUT2D eigenvalue weighted by Gasteiger charge is -2.27. The van der Waals surface area contributed by atoms with Crippen molar-refractivity contribution in [1.82, 2.24) is 0 Å². The van der Waals surface area contributed by atoms with E-state index >= 15 is 0 Å². The van der Waals surface area contributed by atoms with Crippen molar-refractivity contribution in [3.05, 3.63) is 12.2 Å². The SMILES string of the molecule is CC1CC2(C3OCCO3)C=CC1O2. The molecule has 0 spiro atoms. The van der Waals surface area contributed by atoms with E-state index in [4.69, 9.17) is 14.2 Å². The fraction of sp³-hybridized carbons (Fsp3) is 0.800. The van der Waals surface area contributed by atoms with Gasteiger partial charge in [0.05, 0.1) is 19.3 Å². The summed E-state index contributed by atoms with van der Waals surface area (Å²) < 4.78 is 16.9. The Morgan fingerprint density at radius 2 is 2.08 bits per heavy atom. The van der Waals surface area contributed by atoms with Crippen molar-refractivity contribution in [3.8, 4) is 0 Å². The Labute approximate surface area is 77.7 Å². The van der Waals surface area contributed by atoms with Crippen molar-refractivity contribution in [2.45, 2.75) is 31.3 Å². The van der Waals surface area contributed by atoms with Crippen LogP contribution >= 0.6 is 0 Å². The van der Waals surface area contributed by atoms with Crippen molar-refractivity contribution in [2.75, 3.05) is 13.2 Å². The van der Waals surface area contributed by atoms with E-state index in [0.29, 0.717) is 19.1 Å². The average Bonchev–Trinajstić information content (AvgIpc) is 2.77. The zero-order chi connectivity index (χ0) is 8.89. The average molecular weight is 182 g/mol. The third-order valence-electron chi connectivity index (χ3n) is 3.15. The van der Waals surface area contributed by atoms with Crippen molar-refractivity contribution in [2.24, 2.45) is 5.92 Å². The van der Waals surface area contributed by atoms with Crippen LogP contribution in [-0.4, -0.2) is 31.2 Å². The van der Waals surface area contributed by atoms with Gasteiger partial charge < -0.3 is 14.2 Å². The minimum Gasteiger partial charge on any atom is -0.358 e. The summed E-state index contributed by atoms with van der Waals surface area (Å²) in [6.07, 6.45) is 5.40. The molecule has 0 N–H and O–H groups in total. The van der Waals surface area contributed by atoms with Crippen LogP contribution in [-0.2, 0) is 14.2 Å². The minimum absolute atomic E-state index is 0.168. The van der Waals surface area contributed by atoms with Crippen LogP contribution in [0.15, 0.2) is 12.2 Å². The summed E-state index contributed by atoms with van der Waals surface area (Å²) in [5.41, 5.74) is -0.263. The fourth-order valence-corrected chi connectivity index (χ4v) is 2.50. The van der Waals surface area contributed by atoms with Crippen LogP contribution < -0.4 is 0 Å². The second kappa shape index (κ2) is 2.56. The van der Waals surface area contributed by atoms with E-state index in [1.54, 1.807) is 0 Å². The first-order valence-electron chi connectivity index (χ1n) is 4.91. The van der Waals surface area contributed by atoms with Gasteiger partial charge in [0.15, 0.2) is 6.29 Å². The highest BCUT2D eigenvalue weighted by atomic mass is 16.7. The molecule has 3 nitrogen and oxygen atoms in total. The summed E-state index contributed by atoms with van der Waals surface area (Å²) in [6.45, 7) is 3.61. The van der Waals surface area contributed by atoms with Crippen LogP contribution in [0.1, 0.15) is 13.3 Å². The standard InChI is InChI=1S/C10H14O3/c1-7-6-10(3-2-8(7)13-10)9-11-4-5-12-9/h2-3,7-9H,4-6H2,1H3. The van der Waals surface area contributed by atoms with Gasteiger partial charge in [0.2, 0.25) is 0 Å². The van der Waals surface area contributed by atoms with E-state index in [-0.39, 0.29) is 18.0 Å². The Balaban J connectivity index is 1.86. The third-order valence-corrected chi connectivity index (χ3v) is 3.15. The van der Waals surface area contributed by atoms with E-state index in [2.05, 4.69) is 19.1 Å². The van der Waals surface area contributed by atoms with Gasteiger partial charge in [-0.1, -0.05) is 13.0 Å². The fourth-order valence-electron chi connectivity index (χ4n) is 2.50. The molecule has 3 heteroatoms. The Morgan fingerprint density at radius 1 is 1.31 bits per heavy atom. The number of rotatable bonds is 1. The van der Waals surface area contributed by atoms with Crippen molar-refractivity contribution < 1.29 is 14.2 Å². The van der Waals surface area contributed by atoms with Gasteiger partial charge in [0, 0.05) is 0 Å². The first-order chi connectivity index (χ1) is 6.30. The lowest BCUT2D eigenvalue weighted by molar-refractivity contribution is -0.164. The maximum Gasteiger partial charge on any atom is 0.190 e. The molecule has 0 amide bonds. The van der Waals surface area contributed by atoms with Crippen LogP contribution in [0.25, 0.3) is 0 Å². The van der Waals surface area contributed by atoms with Gasteiger partial charge in [-0.25, -0.2) is 0 Å². The molecule has 0 aliphatic carbocycles. The van der Waals surface area contributed by atoms with E-state index < -0.39 is 0 Å². The monoisotopic (exact) mass is 182 g/mol. The molecule has 3 atom stereocenters. The van der Waals surface area contributed by atoms with Gasteiger partial charge >= 0.3 is 0 Å². The highest BCUT2D eigenvalue weighted by molar-refractivity contribution is 5.20. The molecule has 2 fully saturated rings. The van der Waals surface area contributed by atoms with Gasteiger partial charge in [-0.2, -0.15) is 0 Å². The first kappa shape index (κ1) is 7.97. The normalized spacial score (nSPS) is 49.3. The predicted molar refractivity (Wildman–Crippen MR) is 46.2 cm³/mol. The Morgan fingerprint density at radius 3 is 2.62 bits per heavy atom. The quantitative estimate of drug-likeness (QED) is 0.568. The maximum atomic E-state index is 5.89. The molecule has 2 bridgehead atoms. The van der Waals surface area contributed by atoms with E-state index in [9.17, 15) is 0 Å². The summed E-state index contributed by atoms with van der Waals surface area (Å²) in [4.78, 5) is 0. The molecule has 0 saturated carbocycles. The summed E-state index contributed by atoms with van der Waals surface area (Å²) >= 11 is 0. The molecule has 3 heterocycles. The molecule has 3 aliphatic rings. The molecule has 3 rings (SSSR count). The van der Waals surface area contributed by atoms with E-state index in [0.717, 1.165) is 6.42 Å². The molecule has 2 saturated heterocycles. The number of hydrogen-bond donors (Lipinski definition) is 0. The third kappa shape index (κ3) is 1.01. The molecule has 3 aliphatic heterocycles.